The van der Waals surface area contributed by atoms with Crippen LogP contribution in [0, 0.1) is 0 Å². The fourth-order valence-corrected chi connectivity index (χ4v) is 5.36. The molecule has 4 aromatic carbocycles. The number of nitrogens with zero attached hydrogens (tertiary/aromatic N) is 1. The minimum Gasteiger partial charge on any atom is -0.309 e. The molecule has 2 aromatic heterocycles. The summed E-state index contributed by atoms with van der Waals surface area (Å²) in [5.41, 5.74) is 3.57. The van der Waals surface area contributed by atoms with Crippen molar-refractivity contribution < 1.29 is 0 Å². The zero-order valence-corrected chi connectivity index (χ0v) is 15.9. The van der Waals surface area contributed by atoms with Crippen LogP contribution in [0.15, 0.2) is 84.9 Å². The van der Waals surface area contributed by atoms with Gasteiger partial charge in [-0.05, 0) is 48.5 Å². The standard InChI is InChI=1S/C24H14ClNS/c25-15-10-11-21-18(12-15)19-13-20-17-8-4-5-9-23(17)27-24(20)14-22(19)26(21)16-6-2-1-3-7-16/h1-14H. The van der Waals surface area contributed by atoms with Crippen LogP contribution in [0.5, 0.6) is 0 Å². The summed E-state index contributed by atoms with van der Waals surface area (Å²) in [6.45, 7) is 0. The van der Waals surface area contributed by atoms with E-state index in [1.807, 2.05) is 17.4 Å². The van der Waals surface area contributed by atoms with Crippen LogP contribution in [0.1, 0.15) is 0 Å². The molecular formula is C24H14ClNS. The molecule has 0 N–H and O–H groups in total. The van der Waals surface area contributed by atoms with E-state index in [0.29, 0.717) is 0 Å². The second-order valence-electron chi connectivity index (χ2n) is 6.80. The third kappa shape index (κ3) is 2.18. The van der Waals surface area contributed by atoms with Crippen LogP contribution in [-0.2, 0) is 0 Å². The third-order valence-corrected chi connectivity index (χ3v) is 6.61. The van der Waals surface area contributed by atoms with Crippen molar-refractivity contribution in [2.24, 2.45) is 0 Å². The first-order valence-electron chi connectivity index (χ1n) is 8.90. The highest BCUT2D eigenvalue weighted by molar-refractivity contribution is 7.25. The van der Waals surface area contributed by atoms with Crippen molar-refractivity contribution in [3.05, 3.63) is 90.0 Å². The number of fused-ring (bicyclic) bond motifs is 6. The fourth-order valence-electron chi connectivity index (χ4n) is 4.07. The molecule has 0 radical (unpaired) electrons. The van der Waals surface area contributed by atoms with Gasteiger partial charge in [-0.25, -0.2) is 0 Å². The van der Waals surface area contributed by atoms with E-state index in [1.54, 1.807) is 0 Å². The largest absolute Gasteiger partial charge is 0.309 e. The fraction of sp³-hybridized carbons (Fsp3) is 0. The summed E-state index contributed by atoms with van der Waals surface area (Å²) >= 11 is 8.21. The lowest BCUT2D eigenvalue weighted by atomic mass is 10.1. The summed E-state index contributed by atoms with van der Waals surface area (Å²) in [7, 11) is 0. The molecule has 0 saturated heterocycles. The molecule has 1 nitrogen and oxygen atoms in total. The van der Waals surface area contributed by atoms with E-state index in [9.17, 15) is 0 Å². The zero-order valence-electron chi connectivity index (χ0n) is 14.3. The van der Waals surface area contributed by atoms with Gasteiger partial charge in [-0.15, -0.1) is 11.3 Å². The lowest BCUT2D eigenvalue weighted by molar-refractivity contribution is 1.18. The van der Waals surface area contributed by atoms with E-state index in [4.69, 9.17) is 11.6 Å². The number of para-hydroxylation sites is 1. The van der Waals surface area contributed by atoms with Crippen molar-refractivity contribution in [3.63, 3.8) is 0 Å². The highest BCUT2D eigenvalue weighted by Gasteiger charge is 2.15. The molecule has 6 aromatic rings. The highest BCUT2D eigenvalue weighted by Crippen LogP contribution is 2.40. The molecule has 0 fully saturated rings. The average molecular weight is 384 g/mol. The van der Waals surface area contributed by atoms with Gasteiger partial charge in [0.1, 0.15) is 0 Å². The van der Waals surface area contributed by atoms with Crippen LogP contribution in [0.25, 0.3) is 47.7 Å². The van der Waals surface area contributed by atoms with Gasteiger partial charge in [-0.2, -0.15) is 0 Å². The van der Waals surface area contributed by atoms with Crippen LogP contribution in [0.2, 0.25) is 5.02 Å². The monoisotopic (exact) mass is 383 g/mol. The number of hydrogen-bond acceptors (Lipinski definition) is 1. The third-order valence-electron chi connectivity index (χ3n) is 5.24. The molecule has 6 rings (SSSR count). The van der Waals surface area contributed by atoms with Crippen LogP contribution in [0.4, 0.5) is 0 Å². The van der Waals surface area contributed by atoms with Crippen molar-refractivity contribution in [2.45, 2.75) is 0 Å². The zero-order chi connectivity index (χ0) is 18.0. The van der Waals surface area contributed by atoms with E-state index in [0.717, 1.165) is 5.02 Å². The molecule has 0 bridgehead atoms. The first-order valence-corrected chi connectivity index (χ1v) is 10.1. The number of aromatic nitrogens is 1. The van der Waals surface area contributed by atoms with Gasteiger partial charge in [0.2, 0.25) is 0 Å². The number of halogens is 1. The van der Waals surface area contributed by atoms with Gasteiger partial charge in [0.05, 0.1) is 11.0 Å². The molecule has 0 spiro atoms. The predicted octanol–water partition coefficient (Wildman–Crippen LogP) is 7.81. The summed E-state index contributed by atoms with van der Waals surface area (Å²) < 4.78 is 4.98. The molecule has 0 unspecified atom stereocenters. The second kappa shape index (κ2) is 5.59. The quantitative estimate of drug-likeness (QED) is 0.273. The summed E-state index contributed by atoms with van der Waals surface area (Å²) in [5.74, 6) is 0. The summed E-state index contributed by atoms with van der Waals surface area (Å²) in [5, 5.41) is 5.84. The minimum atomic E-state index is 0.768. The molecule has 128 valence electrons. The Hall–Kier alpha value is -2.81. The van der Waals surface area contributed by atoms with E-state index in [-0.39, 0.29) is 0 Å². The van der Waals surface area contributed by atoms with Crippen LogP contribution < -0.4 is 0 Å². The Morgan fingerprint density at radius 3 is 2.26 bits per heavy atom. The van der Waals surface area contributed by atoms with Gasteiger partial charge >= 0.3 is 0 Å². The van der Waals surface area contributed by atoms with Gasteiger partial charge in [0, 0.05) is 41.7 Å². The summed E-state index contributed by atoms with van der Waals surface area (Å²) in [4.78, 5) is 0. The minimum absolute atomic E-state index is 0.768. The van der Waals surface area contributed by atoms with Crippen molar-refractivity contribution in [3.8, 4) is 5.69 Å². The molecule has 2 heterocycles. The van der Waals surface area contributed by atoms with Gasteiger partial charge < -0.3 is 4.57 Å². The number of benzene rings is 4. The Labute approximate surface area is 165 Å². The Morgan fingerprint density at radius 1 is 0.593 bits per heavy atom. The first kappa shape index (κ1) is 15.3. The maximum Gasteiger partial charge on any atom is 0.0555 e. The van der Waals surface area contributed by atoms with Gasteiger partial charge in [-0.1, -0.05) is 48.0 Å². The van der Waals surface area contributed by atoms with Gasteiger partial charge in [0.25, 0.3) is 0 Å². The first-order chi connectivity index (χ1) is 13.3. The number of rotatable bonds is 1. The molecule has 0 aliphatic rings. The van der Waals surface area contributed by atoms with Crippen molar-refractivity contribution >= 4 is 64.9 Å². The second-order valence-corrected chi connectivity index (χ2v) is 8.32. The molecular weight excluding hydrogens is 370 g/mol. The van der Waals surface area contributed by atoms with E-state index in [1.165, 1.54) is 47.7 Å². The van der Waals surface area contributed by atoms with Crippen molar-refractivity contribution in [1.29, 1.82) is 0 Å². The lowest BCUT2D eigenvalue weighted by Crippen LogP contribution is -1.92. The number of thiophene rings is 1. The van der Waals surface area contributed by atoms with Crippen molar-refractivity contribution in [2.75, 3.05) is 0 Å². The normalized spacial score (nSPS) is 11.9. The molecule has 0 aliphatic carbocycles. The Bertz CT molecular complexity index is 1470. The predicted molar refractivity (Wildman–Crippen MR) is 119 cm³/mol. The maximum atomic E-state index is 6.36. The van der Waals surface area contributed by atoms with Crippen molar-refractivity contribution in [1.82, 2.24) is 4.57 Å². The lowest BCUT2D eigenvalue weighted by Gasteiger charge is -2.07. The van der Waals surface area contributed by atoms with Crippen LogP contribution in [-0.4, -0.2) is 4.57 Å². The average Bonchev–Trinajstić information content (AvgIpc) is 3.21. The Balaban J connectivity index is 1.85. The Kier molecular flexibility index (Phi) is 3.16. The molecule has 0 atom stereocenters. The topological polar surface area (TPSA) is 4.93 Å². The van der Waals surface area contributed by atoms with E-state index < -0.39 is 0 Å². The molecule has 27 heavy (non-hydrogen) atoms. The summed E-state index contributed by atoms with van der Waals surface area (Å²) in [6.07, 6.45) is 0. The maximum absolute atomic E-state index is 6.36. The molecule has 0 saturated carbocycles. The molecule has 0 amide bonds. The highest BCUT2D eigenvalue weighted by atomic mass is 35.5. The Morgan fingerprint density at radius 2 is 1.37 bits per heavy atom. The van der Waals surface area contributed by atoms with Crippen LogP contribution >= 0.6 is 22.9 Å². The molecule has 3 heteroatoms. The van der Waals surface area contributed by atoms with E-state index in [2.05, 4.69) is 83.4 Å². The van der Waals surface area contributed by atoms with Gasteiger partial charge in [-0.3, -0.25) is 0 Å². The van der Waals surface area contributed by atoms with Gasteiger partial charge in [0.15, 0.2) is 0 Å². The summed E-state index contributed by atoms with van der Waals surface area (Å²) in [6, 6.07) is 30.0. The number of hydrogen-bond donors (Lipinski definition) is 0. The molecule has 0 aliphatic heterocycles. The van der Waals surface area contributed by atoms with Crippen LogP contribution in [0.3, 0.4) is 0 Å². The smallest absolute Gasteiger partial charge is 0.0555 e. The SMILES string of the molecule is Clc1ccc2c(c1)c1cc3c(cc1n2-c1ccccc1)sc1ccccc13. The van der Waals surface area contributed by atoms with E-state index >= 15 is 0 Å².